The lowest BCUT2D eigenvalue weighted by Crippen LogP contribution is -2.04. The van der Waals surface area contributed by atoms with Gasteiger partial charge in [0.15, 0.2) is 0 Å². The van der Waals surface area contributed by atoms with E-state index in [0.29, 0.717) is 0 Å². The second-order valence-electron chi connectivity index (χ2n) is 3.26. The molecule has 1 N–H and O–H groups in total. The second kappa shape index (κ2) is 6.04. The van der Waals surface area contributed by atoms with Gasteiger partial charge >= 0.3 is 0 Å². The van der Waals surface area contributed by atoms with Crippen LogP contribution in [0, 0.1) is 19.3 Å². The van der Waals surface area contributed by atoms with Crippen molar-refractivity contribution in [1.82, 2.24) is 4.98 Å². The summed E-state index contributed by atoms with van der Waals surface area (Å²) < 4.78 is 0. The van der Waals surface area contributed by atoms with E-state index in [0.717, 1.165) is 31.6 Å². The van der Waals surface area contributed by atoms with E-state index < -0.39 is 0 Å². The second-order valence-corrected chi connectivity index (χ2v) is 3.26. The van der Waals surface area contributed by atoms with E-state index in [9.17, 15) is 0 Å². The van der Waals surface area contributed by atoms with E-state index >= 15 is 0 Å². The lowest BCUT2D eigenvalue weighted by atomic mass is 10.2. The smallest absolute Gasteiger partial charge is 0.128 e. The SMILES string of the molecule is C#CCCCCNc1ncccc1C. The molecule has 74 valence electrons. The first-order chi connectivity index (χ1) is 6.84. The van der Waals surface area contributed by atoms with Crippen molar-refractivity contribution in [2.45, 2.75) is 26.2 Å². The highest BCUT2D eigenvalue weighted by Crippen LogP contribution is 2.09. The summed E-state index contributed by atoms with van der Waals surface area (Å²) in [6, 6.07) is 4.00. The molecule has 1 rings (SSSR count). The number of terminal acetylenes is 1. The van der Waals surface area contributed by atoms with E-state index in [4.69, 9.17) is 6.42 Å². The summed E-state index contributed by atoms with van der Waals surface area (Å²) in [7, 11) is 0. The number of pyridine rings is 1. The lowest BCUT2D eigenvalue weighted by molar-refractivity contribution is 0.787. The van der Waals surface area contributed by atoms with Crippen molar-refractivity contribution in [2.75, 3.05) is 11.9 Å². The molecule has 0 spiro atoms. The Hall–Kier alpha value is -1.49. The molecule has 0 saturated heterocycles. The van der Waals surface area contributed by atoms with Gasteiger partial charge in [-0.05, 0) is 31.4 Å². The van der Waals surface area contributed by atoms with Crippen LogP contribution in [0.4, 0.5) is 5.82 Å². The molecule has 0 aromatic carbocycles. The van der Waals surface area contributed by atoms with E-state index in [1.807, 2.05) is 6.07 Å². The molecule has 0 atom stereocenters. The largest absolute Gasteiger partial charge is 0.370 e. The molecule has 1 heterocycles. The van der Waals surface area contributed by atoms with Gasteiger partial charge < -0.3 is 5.32 Å². The van der Waals surface area contributed by atoms with Gasteiger partial charge in [0.25, 0.3) is 0 Å². The van der Waals surface area contributed by atoms with Crippen molar-refractivity contribution in [3.05, 3.63) is 23.9 Å². The van der Waals surface area contributed by atoms with Crippen LogP contribution in [0.2, 0.25) is 0 Å². The molecule has 0 radical (unpaired) electrons. The highest BCUT2D eigenvalue weighted by molar-refractivity contribution is 5.42. The number of hydrogen-bond donors (Lipinski definition) is 1. The number of anilines is 1. The maximum atomic E-state index is 5.16. The van der Waals surface area contributed by atoms with Gasteiger partial charge in [0.1, 0.15) is 5.82 Å². The molecule has 0 unspecified atom stereocenters. The first kappa shape index (κ1) is 10.6. The summed E-state index contributed by atoms with van der Waals surface area (Å²) in [5.74, 6) is 3.61. The number of unbranched alkanes of at least 4 members (excludes halogenated alkanes) is 2. The van der Waals surface area contributed by atoms with Crippen molar-refractivity contribution >= 4 is 5.82 Å². The normalized spacial score (nSPS) is 9.43. The molecule has 2 heteroatoms. The van der Waals surface area contributed by atoms with Gasteiger partial charge in [-0.15, -0.1) is 12.3 Å². The maximum Gasteiger partial charge on any atom is 0.128 e. The van der Waals surface area contributed by atoms with Crippen LogP contribution >= 0.6 is 0 Å². The number of aryl methyl sites for hydroxylation is 1. The fraction of sp³-hybridized carbons (Fsp3) is 0.417. The number of hydrogen-bond acceptors (Lipinski definition) is 2. The maximum absolute atomic E-state index is 5.16. The summed E-state index contributed by atoms with van der Waals surface area (Å²) in [5, 5.41) is 3.29. The minimum Gasteiger partial charge on any atom is -0.370 e. The highest BCUT2D eigenvalue weighted by atomic mass is 15.0. The van der Waals surface area contributed by atoms with Gasteiger partial charge in [0.05, 0.1) is 0 Å². The average Bonchev–Trinajstić information content (AvgIpc) is 2.20. The Morgan fingerprint density at radius 3 is 3.07 bits per heavy atom. The van der Waals surface area contributed by atoms with Crippen molar-refractivity contribution < 1.29 is 0 Å². The monoisotopic (exact) mass is 188 g/mol. The fourth-order valence-corrected chi connectivity index (χ4v) is 1.23. The van der Waals surface area contributed by atoms with Crippen LogP contribution in [0.5, 0.6) is 0 Å². The Morgan fingerprint density at radius 2 is 2.36 bits per heavy atom. The third-order valence-corrected chi connectivity index (χ3v) is 2.05. The third-order valence-electron chi connectivity index (χ3n) is 2.05. The summed E-state index contributed by atoms with van der Waals surface area (Å²) in [4.78, 5) is 4.24. The van der Waals surface area contributed by atoms with Gasteiger partial charge in [0, 0.05) is 19.2 Å². The number of nitrogens with zero attached hydrogens (tertiary/aromatic N) is 1. The van der Waals surface area contributed by atoms with Gasteiger partial charge in [-0.25, -0.2) is 4.98 Å². The summed E-state index contributed by atoms with van der Waals surface area (Å²) in [5.41, 5.74) is 1.18. The fourth-order valence-electron chi connectivity index (χ4n) is 1.23. The van der Waals surface area contributed by atoms with E-state index in [1.54, 1.807) is 6.20 Å². The predicted molar refractivity (Wildman–Crippen MR) is 60.1 cm³/mol. The van der Waals surface area contributed by atoms with Gasteiger partial charge in [-0.2, -0.15) is 0 Å². The standard InChI is InChI=1S/C12H16N2/c1-3-4-5-6-9-13-12-11(2)8-7-10-14-12/h1,7-8,10H,4-6,9H2,2H3,(H,13,14). The number of rotatable bonds is 5. The molecule has 0 aliphatic carbocycles. The molecule has 0 amide bonds. The van der Waals surface area contributed by atoms with Crippen LogP contribution in [0.3, 0.4) is 0 Å². The molecule has 1 aromatic rings. The molecule has 1 aromatic heterocycles. The van der Waals surface area contributed by atoms with Gasteiger partial charge in [-0.3, -0.25) is 0 Å². The van der Waals surface area contributed by atoms with Gasteiger partial charge in [0.2, 0.25) is 0 Å². The average molecular weight is 188 g/mol. The van der Waals surface area contributed by atoms with Gasteiger partial charge in [-0.1, -0.05) is 6.07 Å². The molecule has 0 fully saturated rings. The molecule has 2 nitrogen and oxygen atoms in total. The van der Waals surface area contributed by atoms with Crippen molar-refractivity contribution in [3.8, 4) is 12.3 Å². The van der Waals surface area contributed by atoms with E-state index in [1.165, 1.54) is 5.56 Å². The van der Waals surface area contributed by atoms with Crippen LogP contribution < -0.4 is 5.32 Å². The van der Waals surface area contributed by atoms with Crippen LogP contribution in [-0.2, 0) is 0 Å². The molecular weight excluding hydrogens is 172 g/mol. The van der Waals surface area contributed by atoms with Crippen molar-refractivity contribution in [2.24, 2.45) is 0 Å². The van der Waals surface area contributed by atoms with Crippen LogP contribution in [0.25, 0.3) is 0 Å². The Bertz CT molecular complexity index is 312. The molecule has 0 bridgehead atoms. The summed E-state index contributed by atoms with van der Waals surface area (Å²) >= 11 is 0. The number of nitrogens with one attached hydrogen (secondary N) is 1. The zero-order valence-electron chi connectivity index (χ0n) is 8.59. The Kier molecular flexibility index (Phi) is 4.57. The first-order valence-corrected chi connectivity index (χ1v) is 4.93. The molecule has 0 aliphatic rings. The Labute approximate surface area is 85.8 Å². The topological polar surface area (TPSA) is 24.9 Å². The Balaban J connectivity index is 2.25. The lowest BCUT2D eigenvalue weighted by Gasteiger charge is -2.06. The van der Waals surface area contributed by atoms with E-state index in [-0.39, 0.29) is 0 Å². The van der Waals surface area contributed by atoms with Crippen LogP contribution in [-0.4, -0.2) is 11.5 Å². The first-order valence-electron chi connectivity index (χ1n) is 4.93. The zero-order valence-corrected chi connectivity index (χ0v) is 8.59. The molecular formula is C12H16N2. The van der Waals surface area contributed by atoms with Crippen LogP contribution in [0.1, 0.15) is 24.8 Å². The zero-order chi connectivity index (χ0) is 10.2. The molecule has 0 saturated carbocycles. The molecule has 14 heavy (non-hydrogen) atoms. The summed E-state index contributed by atoms with van der Waals surface area (Å²) in [6.45, 7) is 3.00. The minimum atomic E-state index is 0.864. The summed E-state index contributed by atoms with van der Waals surface area (Å²) in [6.07, 6.45) is 10.0. The van der Waals surface area contributed by atoms with Crippen molar-refractivity contribution in [3.63, 3.8) is 0 Å². The van der Waals surface area contributed by atoms with E-state index in [2.05, 4.69) is 29.2 Å². The molecule has 0 aliphatic heterocycles. The Morgan fingerprint density at radius 1 is 1.50 bits per heavy atom. The minimum absolute atomic E-state index is 0.864. The van der Waals surface area contributed by atoms with Crippen LogP contribution in [0.15, 0.2) is 18.3 Å². The van der Waals surface area contributed by atoms with Crippen molar-refractivity contribution in [1.29, 1.82) is 0 Å². The quantitative estimate of drug-likeness (QED) is 0.567. The predicted octanol–water partition coefficient (Wildman–Crippen LogP) is 2.61. The highest BCUT2D eigenvalue weighted by Gasteiger charge is 1.95. The number of aromatic nitrogens is 1. The third kappa shape index (κ3) is 3.49.